The van der Waals surface area contributed by atoms with E-state index in [1.807, 2.05) is 0 Å². The molecule has 0 spiro atoms. The van der Waals surface area contributed by atoms with Crippen molar-refractivity contribution in [3.8, 4) is 0 Å². The van der Waals surface area contributed by atoms with Gasteiger partial charge in [0, 0.05) is 5.56 Å². The molecule has 0 atom stereocenters. The minimum absolute atomic E-state index is 0.297. The molecule has 1 aromatic rings. The van der Waals surface area contributed by atoms with Crippen molar-refractivity contribution in [2.45, 2.75) is 19.9 Å². The number of furan rings is 1. The predicted octanol–water partition coefficient (Wildman–Crippen LogP) is 1.02. The van der Waals surface area contributed by atoms with Crippen LogP contribution in [0.15, 0.2) is 4.42 Å². The molecule has 0 saturated carbocycles. The highest BCUT2D eigenvalue weighted by molar-refractivity contribution is 5.92. The third-order valence-electron chi connectivity index (χ3n) is 2.49. The van der Waals surface area contributed by atoms with Gasteiger partial charge in [0.05, 0.1) is 13.7 Å². The molecular weight excluding hydrogens is 182 g/mol. The topological polar surface area (TPSA) is 51.5 Å². The lowest BCUT2D eigenvalue weighted by Crippen LogP contribution is -2.23. The van der Waals surface area contributed by atoms with Gasteiger partial charge in [-0.2, -0.15) is 0 Å². The molecule has 1 aromatic heterocycles. The van der Waals surface area contributed by atoms with E-state index in [0.29, 0.717) is 17.9 Å². The average Bonchev–Trinajstić information content (AvgIpc) is 2.53. The van der Waals surface area contributed by atoms with Gasteiger partial charge in [-0.05, 0) is 19.9 Å². The molecule has 0 amide bonds. The number of rotatable bonds is 1. The first-order valence-electron chi connectivity index (χ1n) is 4.64. The monoisotopic (exact) mass is 195 g/mol. The van der Waals surface area contributed by atoms with E-state index in [9.17, 15) is 4.79 Å². The summed E-state index contributed by atoms with van der Waals surface area (Å²) in [5.74, 6) is 1.23. The Bertz CT molecular complexity index is 368. The lowest BCUT2D eigenvalue weighted by Gasteiger charge is -2.11. The number of carbonyl (C=O) groups is 1. The van der Waals surface area contributed by atoms with E-state index in [0.717, 1.165) is 24.3 Å². The second kappa shape index (κ2) is 3.46. The molecule has 2 rings (SSSR count). The van der Waals surface area contributed by atoms with Crippen LogP contribution < -0.4 is 5.32 Å². The van der Waals surface area contributed by atoms with E-state index in [-0.39, 0.29) is 5.97 Å². The molecule has 0 fully saturated rings. The Kier molecular flexibility index (Phi) is 2.29. The van der Waals surface area contributed by atoms with Crippen molar-refractivity contribution in [2.24, 2.45) is 0 Å². The Hall–Kier alpha value is -1.29. The van der Waals surface area contributed by atoms with Crippen molar-refractivity contribution in [3.05, 3.63) is 22.6 Å². The minimum atomic E-state index is -0.297. The number of fused-ring (bicyclic) bond motifs is 1. The second-order valence-corrected chi connectivity index (χ2v) is 3.35. The fourth-order valence-corrected chi connectivity index (χ4v) is 1.84. The fourth-order valence-electron chi connectivity index (χ4n) is 1.84. The molecule has 0 saturated heterocycles. The van der Waals surface area contributed by atoms with Crippen LogP contribution in [0.5, 0.6) is 0 Å². The van der Waals surface area contributed by atoms with Crippen LogP contribution in [0.3, 0.4) is 0 Å². The first-order chi connectivity index (χ1) is 6.74. The molecule has 0 radical (unpaired) electrons. The number of nitrogens with one attached hydrogen (secondary N) is 1. The van der Waals surface area contributed by atoms with Gasteiger partial charge in [0.15, 0.2) is 0 Å². The van der Waals surface area contributed by atoms with Crippen LogP contribution in [0.25, 0.3) is 0 Å². The van der Waals surface area contributed by atoms with E-state index in [1.165, 1.54) is 7.11 Å². The Balaban J connectivity index is 2.47. The number of ether oxygens (including phenoxy) is 1. The summed E-state index contributed by atoms with van der Waals surface area (Å²) < 4.78 is 10.2. The Labute approximate surface area is 82.2 Å². The summed E-state index contributed by atoms with van der Waals surface area (Å²) in [6, 6.07) is 0. The third-order valence-corrected chi connectivity index (χ3v) is 2.49. The number of esters is 1. The highest BCUT2D eigenvalue weighted by Crippen LogP contribution is 2.25. The Morgan fingerprint density at radius 3 is 3.07 bits per heavy atom. The SMILES string of the molecule is COC(=O)c1c(C)oc2c1CCNC2. The predicted molar refractivity (Wildman–Crippen MR) is 50.2 cm³/mol. The van der Waals surface area contributed by atoms with Crippen molar-refractivity contribution in [1.82, 2.24) is 5.32 Å². The van der Waals surface area contributed by atoms with Crippen LogP contribution in [-0.2, 0) is 17.7 Å². The van der Waals surface area contributed by atoms with Crippen molar-refractivity contribution in [2.75, 3.05) is 13.7 Å². The number of hydrogen-bond donors (Lipinski definition) is 1. The number of carbonyl (C=O) groups excluding carboxylic acids is 1. The van der Waals surface area contributed by atoms with Crippen LogP contribution >= 0.6 is 0 Å². The van der Waals surface area contributed by atoms with Crippen molar-refractivity contribution in [3.63, 3.8) is 0 Å². The van der Waals surface area contributed by atoms with Gasteiger partial charge in [-0.1, -0.05) is 0 Å². The zero-order valence-corrected chi connectivity index (χ0v) is 8.35. The summed E-state index contributed by atoms with van der Waals surface area (Å²) in [5, 5.41) is 3.19. The first kappa shape index (κ1) is 9.27. The van der Waals surface area contributed by atoms with E-state index < -0.39 is 0 Å². The second-order valence-electron chi connectivity index (χ2n) is 3.35. The maximum absolute atomic E-state index is 11.5. The molecular formula is C10H13NO3. The quantitative estimate of drug-likeness (QED) is 0.680. The van der Waals surface area contributed by atoms with Gasteiger partial charge in [-0.25, -0.2) is 4.79 Å². The van der Waals surface area contributed by atoms with E-state index in [1.54, 1.807) is 6.92 Å². The van der Waals surface area contributed by atoms with Crippen molar-refractivity contribution < 1.29 is 13.9 Å². The summed E-state index contributed by atoms with van der Waals surface area (Å²) in [7, 11) is 1.39. The average molecular weight is 195 g/mol. The number of methoxy groups -OCH3 is 1. The van der Waals surface area contributed by atoms with Gasteiger partial charge in [0.1, 0.15) is 17.1 Å². The Morgan fingerprint density at radius 2 is 2.36 bits per heavy atom. The van der Waals surface area contributed by atoms with E-state index >= 15 is 0 Å². The standard InChI is InChI=1S/C10H13NO3/c1-6-9(10(12)13-2)7-3-4-11-5-8(7)14-6/h11H,3-5H2,1-2H3. The number of hydrogen-bond acceptors (Lipinski definition) is 4. The molecule has 14 heavy (non-hydrogen) atoms. The summed E-state index contributed by atoms with van der Waals surface area (Å²) >= 11 is 0. The molecule has 0 aliphatic carbocycles. The van der Waals surface area contributed by atoms with Crippen LogP contribution in [-0.4, -0.2) is 19.6 Å². The largest absolute Gasteiger partial charge is 0.465 e. The van der Waals surface area contributed by atoms with Gasteiger partial charge in [0.25, 0.3) is 0 Å². The highest BCUT2D eigenvalue weighted by atomic mass is 16.5. The van der Waals surface area contributed by atoms with Gasteiger partial charge in [-0.3, -0.25) is 0 Å². The van der Waals surface area contributed by atoms with Crippen LogP contribution in [0.4, 0.5) is 0 Å². The first-order valence-corrected chi connectivity index (χ1v) is 4.64. The molecule has 2 heterocycles. The molecule has 1 aliphatic heterocycles. The summed E-state index contributed by atoms with van der Waals surface area (Å²) in [4.78, 5) is 11.5. The maximum atomic E-state index is 11.5. The normalized spacial score (nSPS) is 15.0. The van der Waals surface area contributed by atoms with Crippen molar-refractivity contribution in [1.29, 1.82) is 0 Å². The Morgan fingerprint density at radius 1 is 1.57 bits per heavy atom. The van der Waals surface area contributed by atoms with Crippen LogP contribution in [0.2, 0.25) is 0 Å². The van der Waals surface area contributed by atoms with Gasteiger partial charge in [0.2, 0.25) is 0 Å². The van der Waals surface area contributed by atoms with Gasteiger partial charge < -0.3 is 14.5 Å². The highest BCUT2D eigenvalue weighted by Gasteiger charge is 2.25. The van der Waals surface area contributed by atoms with Crippen LogP contribution in [0.1, 0.15) is 27.4 Å². The molecule has 4 nitrogen and oxygen atoms in total. The zero-order valence-electron chi connectivity index (χ0n) is 8.35. The molecule has 76 valence electrons. The van der Waals surface area contributed by atoms with Crippen molar-refractivity contribution >= 4 is 5.97 Å². The molecule has 4 heteroatoms. The summed E-state index contributed by atoms with van der Waals surface area (Å²) in [6.45, 7) is 3.38. The fraction of sp³-hybridized carbons (Fsp3) is 0.500. The van der Waals surface area contributed by atoms with Crippen LogP contribution in [0, 0.1) is 6.92 Å². The molecule has 1 aliphatic rings. The smallest absolute Gasteiger partial charge is 0.341 e. The maximum Gasteiger partial charge on any atom is 0.341 e. The number of aryl methyl sites for hydroxylation is 1. The lowest BCUT2D eigenvalue weighted by atomic mass is 10.0. The zero-order chi connectivity index (χ0) is 10.1. The molecule has 0 bridgehead atoms. The lowest BCUT2D eigenvalue weighted by molar-refractivity contribution is 0.0597. The summed E-state index contributed by atoms with van der Waals surface area (Å²) in [6.07, 6.45) is 0.830. The molecule has 0 unspecified atom stereocenters. The van der Waals surface area contributed by atoms with E-state index in [4.69, 9.17) is 9.15 Å². The third kappa shape index (κ3) is 1.32. The molecule has 1 N–H and O–H groups in total. The van der Waals surface area contributed by atoms with Gasteiger partial charge in [-0.15, -0.1) is 0 Å². The minimum Gasteiger partial charge on any atom is -0.465 e. The molecule has 0 aromatic carbocycles. The summed E-state index contributed by atoms with van der Waals surface area (Å²) in [5.41, 5.74) is 1.62. The van der Waals surface area contributed by atoms with E-state index in [2.05, 4.69) is 5.32 Å². The van der Waals surface area contributed by atoms with Gasteiger partial charge >= 0.3 is 5.97 Å².